The van der Waals surface area contributed by atoms with Crippen molar-refractivity contribution in [3.63, 3.8) is 0 Å². The highest BCUT2D eigenvalue weighted by Crippen LogP contribution is 2.28. The number of amides is 1. The maximum atomic E-state index is 12.3. The molecule has 1 aliphatic carbocycles. The molecule has 4 heteroatoms. The van der Waals surface area contributed by atoms with Crippen LogP contribution in [0.3, 0.4) is 0 Å². The molecule has 1 aromatic carbocycles. The summed E-state index contributed by atoms with van der Waals surface area (Å²) in [5.41, 5.74) is 5.20. The molecule has 2 aromatic rings. The molecule has 1 saturated carbocycles. The van der Waals surface area contributed by atoms with Crippen LogP contribution in [-0.4, -0.2) is 18.0 Å². The number of ether oxygens (including phenoxy) is 1. The van der Waals surface area contributed by atoms with E-state index in [-0.39, 0.29) is 5.91 Å². The van der Waals surface area contributed by atoms with Gasteiger partial charge in [0.25, 0.3) is 0 Å². The van der Waals surface area contributed by atoms with Gasteiger partial charge in [-0.15, -0.1) is 0 Å². The number of rotatable bonds is 6. The summed E-state index contributed by atoms with van der Waals surface area (Å²) in [6.45, 7) is 4.61. The third-order valence-corrected chi connectivity index (χ3v) is 5.25. The zero-order valence-corrected chi connectivity index (χ0v) is 16.0. The van der Waals surface area contributed by atoms with Crippen molar-refractivity contribution in [1.29, 1.82) is 0 Å². The molecule has 0 aliphatic heterocycles. The van der Waals surface area contributed by atoms with Gasteiger partial charge >= 0.3 is 0 Å². The molecule has 1 aromatic heterocycles. The number of aromatic nitrogens is 1. The molecule has 26 heavy (non-hydrogen) atoms. The number of benzene rings is 1. The van der Waals surface area contributed by atoms with Gasteiger partial charge in [0.05, 0.1) is 12.8 Å². The van der Waals surface area contributed by atoms with Crippen LogP contribution in [0.25, 0.3) is 11.3 Å². The molecule has 4 nitrogen and oxygen atoms in total. The Balaban J connectivity index is 1.77. The summed E-state index contributed by atoms with van der Waals surface area (Å²) in [6.07, 6.45) is 5.56. The summed E-state index contributed by atoms with van der Waals surface area (Å²) < 4.78 is 5.25. The van der Waals surface area contributed by atoms with Crippen molar-refractivity contribution in [3.05, 3.63) is 47.2 Å². The quantitative estimate of drug-likeness (QED) is 0.828. The van der Waals surface area contributed by atoms with E-state index in [1.165, 1.54) is 25.7 Å². The minimum Gasteiger partial charge on any atom is -0.497 e. The van der Waals surface area contributed by atoms with Crippen molar-refractivity contribution in [1.82, 2.24) is 10.3 Å². The first-order valence-corrected chi connectivity index (χ1v) is 9.45. The Hall–Kier alpha value is -2.36. The molecule has 0 bridgehead atoms. The van der Waals surface area contributed by atoms with Gasteiger partial charge in [-0.05, 0) is 68.5 Å². The topological polar surface area (TPSA) is 51.2 Å². The number of nitrogens with zero attached hydrogens (tertiary/aromatic N) is 1. The lowest BCUT2D eigenvalue weighted by molar-refractivity contribution is -0.122. The first-order valence-electron chi connectivity index (χ1n) is 9.45. The van der Waals surface area contributed by atoms with Crippen LogP contribution < -0.4 is 10.1 Å². The predicted octanol–water partition coefficient (Wildman–Crippen LogP) is 4.57. The molecule has 1 N–H and O–H groups in total. The lowest BCUT2D eigenvalue weighted by Gasteiger charge is -2.15. The molecule has 0 spiro atoms. The summed E-state index contributed by atoms with van der Waals surface area (Å²) >= 11 is 0. The normalized spacial score (nSPS) is 14.4. The van der Waals surface area contributed by atoms with Crippen molar-refractivity contribution < 1.29 is 9.53 Å². The van der Waals surface area contributed by atoms with Gasteiger partial charge in [0.2, 0.25) is 5.91 Å². The molecule has 1 heterocycles. The van der Waals surface area contributed by atoms with Gasteiger partial charge in [-0.25, -0.2) is 0 Å². The third kappa shape index (κ3) is 4.43. The Kier molecular flexibility index (Phi) is 5.92. The fraction of sp³-hybridized carbons (Fsp3) is 0.455. The van der Waals surface area contributed by atoms with Crippen molar-refractivity contribution in [2.75, 3.05) is 7.11 Å². The van der Waals surface area contributed by atoms with E-state index in [1.54, 1.807) is 7.11 Å². The minimum atomic E-state index is 0.151. The van der Waals surface area contributed by atoms with Crippen LogP contribution >= 0.6 is 0 Å². The molecule has 1 fully saturated rings. The first kappa shape index (κ1) is 18.4. The number of methoxy groups -OCH3 is 1. The van der Waals surface area contributed by atoms with Crippen molar-refractivity contribution in [3.8, 4) is 17.0 Å². The van der Waals surface area contributed by atoms with E-state index in [1.807, 2.05) is 31.2 Å². The molecular weight excluding hydrogens is 324 g/mol. The van der Waals surface area contributed by atoms with Gasteiger partial charge in [0, 0.05) is 29.8 Å². The van der Waals surface area contributed by atoms with E-state index in [0.717, 1.165) is 33.8 Å². The second-order valence-electron chi connectivity index (χ2n) is 7.27. The minimum absolute atomic E-state index is 0.151. The molecule has 0 atom stereocenters. The fourth-order valence-electron chi connectivity index (χ4n) is 3.81. The molecule has 0 radical (unpaired) electrons. The second kappa shape index (κ2) is 8.35. The van der Waals surface area contributed by atoms with Crippen LogP contribution in [0.5, 0.6) is 5.75 Å². The van der Waals surface area contributed by atoms with Crippen LogP contribution in [0.2, 0.25) is 0 Å². The molecule has 1 amide bonds. The number of pyridine rings is 1. The Bertz CT molecular complexity index is 762. The van der Waals surface area contributed by atoms with Crippen molar-refractivity contribution >= 4 is 5.91 Å². The van der Waals surface area contributed by atoms with E-state index in [9.17, 15) is 4.79 Å². The summed E-state index contributed by atoms with van der Waals surface area (Å²) in [7, 11) is 1.66. The highest BCUT2D eigenvalue weighted by Gasteiger charge is 2.19. The lowest BCUT2D eigenvalue weighted by Crippen LogP contribution is -2.25. The maximum Gasteiger partial charge on any atom is 0.220 e. The number of hydrogen-bond acceptors (Lipinski definition) is 3. The molecular formula is C22H28N2O2. The molecule has 138 valence electrons. The number of nitrogens with one attached hydrogen (secondary N) is 1. The monoisotopic (exact) mass is 352 g/mol. The lowest BCUT2D eigenvalue weighted by atomic mass is 10.00. The van der Waals surface area contributed by atoms with E-state index in [4.69, 9.17) is 9.72 Å². The largest absolute Gasteiger partial charge is 0.497 e. The van der Waals surface area contributed by atoms with E-state index < -0.39 is 0 Å². The van der Waals surface area contributed by atoms with Crippen LogP contribution in [0.15, 0.2) is 30.3 Å². The van der Waals surface area contributed by atoms with Gasteiger partial charge in [-0.2, -0.15) is 0 Å². The smallest absolute Gasteiger partial charge is 0.220 e. The van der Waals surface area contributed by atoms with E-state index >= 15 is 0 Å². The standard InChI is InChI=1S/C22H28N2O2/c1-15-12-16(2)24-22(18-8-10-19(26-3)11-9-18)20(15)14-23-21(25)13-17-6-4-5-7-17/h8-12,17H,4-7,13-14H2,1-3H3,(H,23,25). The summed E-state index contributed by atoms with van der Waals surface area (Å²) in [5.74, 6) is 1.54. The van der Waals surface area contributed by atoms with Crippen LogP contribution in [0.1, 0.15) is 48.9 Å². The Morgan fingerprint density at radius 1 is 1.19 bits per heavy atom. The Morgan fingerprint density at radius 3 is 2.54 bits per heavy atom. The molecule has 1 aliphatic rings. The van der Waals surface area contributed by atoms with Crippen LogP contribution in [-0.2, 0) is 11.3 Å². The Morgan fingerprint density at radius 2 is 1.88 bits per heavy atom. The average molecular weight is 352 g/mol. The van der Waals surface area contributed by atoms with Gasteiger partial charge in [0.15, 0.2) is 0 Å². The number of carbonyl (C=O) groups is 1. The summed E-state index contributed by atoms with van der Waals surface area (Å²) in [4.78, 5) is 17.1. The zero-order chi connectivity index (χ0) is 18.5. The van der Waals surface area contributed by atoms with Gasteiger partial charge < -0.3 is 10.1 Å². The molecule has 0 unspecified atom stereocenters. The fourth-order valence-corrected chi connectivity index (χ4v) is 3.81. The molecule has 0 saturated heterocycles. The Labute approximate surface area is 156 Å². The highest BCUT2D eigenvalue weighted by atomic mass is 16.5. The predicted molar refractivity (Wildman–Crippen MR) is 104 cm³/mol. The number of carbonyl (C=O) groups excluding carboxylic acids is 1. The summed E-state index contributed by atoms with van der Waals surface area (Å²) in [6, 6.07) is 9.99. The van der Waals surface area contributed by atoms with Gasteiger partial charge in [-0.3, -0.25) is 9.78 Å². The number of aryl methyl sites for hydroxylation is 2. The van der Waals surface area contributed by atoms with E-state index in [0.29, 0.717) is 18.9 Å². The maximum absolute atomic E-state index is 12.3. The summed E-state index contributed by atoms with van der Waals surface area (Å²) in [5, 5.41) is 3.12. The molecule has 3 rings (SSSR count). The highest BCUT2D eigenvalue weighted by molar-refractivity contribution is 5.76. The number of hydrogen-bond donors (Lipinski definition) is 1. The van der Waals surface area contributed by atoms with Crippen LogP contribution in [0, 0.1) is 19.8 Å². The zero-order valence-electron chi connectivity index (χ0n) is 16.0. The second-order valence-corrected chi connectivity index (χ2v) is 7.27. The van der Waals surface area contributed by atoms with Gasteiger partial charge in [-0.1, -0.05) is 12.8 Å². The SMILES string of the molecule is COc1ccc(-c2nc(C)cc(C)c2CNC(=O)CC2CCCC2)cc1. The van der Waals surface area contributed by atoms with E-state index in [2.05, 4.69) is 18.3 Å². The van der Waals surface area contributed by atoms with Crippen molar-refractivity contribution in [2.45, 2.75) is 52.5 Å². The first-order chi connectivity index (χ1) is 12.6. The van der Waals surface area contributed by atoms with Crippen molar-refractivity contribution in [2.24, 2.45) is 5.92 Å². The van der Waals surface area contributed by atoms with Crippen LogP contribution in [0.4, 0.5) is 0 Å². The van der Waals surface area contributed by atoms with Gasteiger partial charge in [0.1, 0.15) is 5.75 Å². The third-order valence-electron chi connectivity index (χ3n) is 5.25. The average Bonchev–Trinajstić information content (AvgIpc) is 3.13.